The van der Waals surface area contributed by atoms with Gasteiger partial charge in [-0.05, 0) is 11.5 Å². The second-order valence-corrected chi connectivity index (χ2v) is 8.12. The van der Waals surface area contributed by atoms with Gasteiger partial charge in [0.05, 0.1) is 4.90 Å². The second-order valence-electron chi connectivity index (χ2n) is 4.54. The van der Waals surface area contributed by atoms with E-state index in [0.29, 0.717) is 11.4 Å². The summed E-state index contributed by atoms with van der Waals surface area (Å²) in [7, 11) is -1.85. The first-order valence-electron chi connectivity index (χ1n) is 6.01. The van der Waals surface area contributed by atoms with Gasteiger partial charge in [0.1, 0.15) is 0 Å². The summed E-state index contributed by atoms with van der Waals surface area (Å²) in [4.78, 5) is 0.475. The molecule has 0 heterocycles. The van der Waals surface area contributed by atoms with Crippen LogP contribution in [0.4, 0.5) is 0 Å². The molecule has 3 nitrogen and oxygen atoms in total. The van der Waals surface area contributed by atoms with E-state index in [1.807, 2.05) is 37.3 Å². The second kappa shape index (κ2) is 5.61. The van der Waals surface area contributed by atoms with Crippen LogP contribution in [0.25, 0.3) is 10.8 Å². The van der Waals surface area contributed by atoms with E-state index in [1.165, 1.54) is 4.31 Å². The molecular formula is C14H16BrNO2S. The molecule has 0 aromatic heterocycles. The highest BCUT2D eigenvalue weighted by molar-refractivity contribution is 9.09. The van der Waals surface area contributed by atoms with Crippen LogP contribution in [0.3, 0.4) is 0 Å². The number of benzene rings is 2. The topological polar surface area (TPSA) is 37.4 Å². The molecule has 0 fully saturated rings. The molecular weight excluding hydrogens is 326 g/mol. The van der Waals surface area contributed by atoms with E-state index in [9.17, 15) is 8.42 Å². The van der Waals surface area contributed by atoms with Crippen molar-refractivity contribution in [1.29, 1.82) is 0 Å². The number of nitrogens with zero attached hydrogens (tertiary/aromatic N) is 1. The number of rotatable bonds is 4. The van der Waals surface area contributed by atoms with Crippen molar-refractivity contribution in [2.45, 2.75) is 16.6 Å². The molecule has 102 valence electrons. The lowest BCUT2D eigenvalue weighted by Gasteiger charge is -2.19. The molecule has 2 rings (SSSR count). The van der Waals surface area contributed by atoms with Crippen LogP contribution in [0.2, 0.25) is 0 Å². The maximum atomic E-state index is 12.6. The van der Waals surface area contributed by atoms with Gasteiger partial charge in [0, 0.05) is 23.8 Å². The molecule has 0 N–H and O–H groups in total. The van der Waals surface area contributed by atoms with Gasteiger partial charge in [0.25, 0.3) is 0 Å². The first kappa shape index (κ1) is 14.5. The van der Waals surface area contributed by atoms with E-state index in [1.54, 1.807) is 19.2 Å². The Morgan fingerprint density at radius 3 is 2.47 bits per heavy atom. The average molecular weight is 342 g/mol. The van der Waals surface area contributed by atoms with E-state index in [2.05, 4.69) is 15.9 Å². The third kappa shape index (κ3) is 2.99. The predicted octanol–water partition coefficient (Wildman–Crippen LogP) is 3.24. The van der Waals surface area contributed by atoms with Gasteiger partial charge in [-0.25, -0.2) is 8.42 Å². The molecule has 0 amide bonds. The Morgan fingerprint density at radius 2 is 1.79 bits per heavy atom. The number of halogens is 1. The fourth-order valence-corrected chi connectivity index (χ4v) is 4.14. The SMILES string of the molecule is CC(Br)CN(C)S(=O)(=O)c1cccc2ccccc12. The lowest BCUT2D eigenvalue weighted by molar-refractivity contribution is 0.474. The Kier molecular flexibility index (Phi) is 4.28. The van der Waals surface area contributed by atoms with Gasteiger partial charge in [-0.2, -0.15) is 4.31 Å². The van der Waals surface area contributed by atoms with Crippen LogP contribution in [0.1, 0.15) is 6.92 Å². The molecule has 2 aromatic carbocycles. The normalized spacial score (nSPS) is 13.9. The zero-order valence-electron chi connectivity index (χ0n) is 10.9. The van der Waals surface area contributed by atoms with E-state index in [-0.39, 0.29) is 4.83 Å². The van der Waals surface area contributed by atoms with Gasteiger partial charge in [-0.15, -0.1) is 0 Å². The van der Waals surface area contributed by atoms with Crippen molar-refractivity contribution >= 4 is 36.7 Å². The van der Waals surface area contributed by atoms with Crippen molar-refractivity contribution in [3.05, 3.63) is 42.5 Å². The van der Waals surface area contributed by atoms with Crippen LogP contribution in [0.5, 0.6) is 0 Å². The maximum Gasteiger partial charge on any atom is 0.243 e. The van der Waals surface area contributed by atoms with Crippen LogP contribution in [-0.2, 0) is 10.0 Å². The molecule has 0 saturated heterocycles. The minimum absolute atomic E-state index is 0.113. The first-order valence-corrected chi connectivity index (χ1v) is 8.36. The molecule has 1 atom stereocenters. The highest BCUT2D eigenvalue weighted by Crippen LogP contribution is 2.25. The average Bonchev–Trinajstić information content (AvgIpc) is 2.37. The molecule has 0 radical (unpaired) electrons. The van der Waals surface area contributed by atoms with Crippen molar-refractivity contribution in [2.75, 3.05) is 13.6 Å². The summed E-state index contributed by atoms with van der Waals surface area (Å²) >= 11 is 3.38. The van der Waals surface area contributed by atoms with Crippen molar-refractivity contribution in [1.82, 2.24) is 4.31 Å². The van der Waals surface area contributed by atoms with Gasteiger partial charge >= 0.3 is 0 Å². The van der Waals surface area contributed by atoms with E-state index in [4.69, 9.17) is 0 Å². The summed E-state index contributed by atoms with van der Waals surface area (Å²) in [6.07, 6.45) is 0. The highest BCUT2D eigenvalue weighted by atomic mass is 79.9. The molecule has 0 aliphatic carbocycles. The highest BCUT2D eigenvalue weighted by Gasteiger charge is 2.23. The van der Waals surface area contributed by atoms with Crippen molar-refractivity contribution in [2.24, 2.45) is 0 Å². The molecule has 1 unspecified atom stereocenters. The van der Waals surface area contributed by atoms with E-state index >= 15 is 0 Å². The number of alkyl halides is 1. The minimum Gasteiger partial charge on any atom is -0.207 e. The third-order valence-corrected chi connectivity index (χ3v) is 5.12. The third-order valence-electron chi connectivity index (χ3n) is 2.95. The number of hydrogen-bond donors (Lipinski definition) is 0. The molecule has 2 aromatic rings. The van der Waals surface area contributed by atoms with Crippen LogP contribution >= 0.6 is 15.9 Å². The zero-order chi connectivity index (χ0) is 14.0. The summed E-state index contributed by atoms with van der Waals surface area (Å²) in [5.41, 5.74) is 0. The van der Waals surface area contributed by atoms with Gasteiger partial charge in [-0.3, -0.25) is 0 Å². The predicted molar refractivity (Wildman–Crippen MR) is 82.2 cm³/mol. The maximum absolute atomic E-state index is 12.6. The summed E-state index contributed by atoms with van der Waals surface area (Å²) < 4.78 is 26.6. The smallest absolute Gasteiger partial charge is 0.207 e. The van der Waals surface area contributed by atoms with Gasteiger partial charge in [-0.1, -0.05) is 59.3 Å². The molecule has 0 aliphatic rings. The molecule has 0 saturated carbocycles. The number of fused-ring (bicyclic) bond motifs is 1. The van der Waals surface area contributed by atoms with Gasteiger partial charge < -0.3 is 0 Å². The largest absolute Gasteiger partial charge is 0.243 e. The van der Waals surface area contributed by atoms with Crippen molar-refractivity contribution in [3.8, 4) is 0 Å². The standard InChI is InChI=1S/C14H16BrNO2S/c1-11(15)10-16(2)19(17,18)14-9-5-7-12-6-3-4-8-13(12)14/h3-9,11H,10H2,1-2H3. The summed E-state index contributed by atoms with van der Waals surface area (Å²) in [6.45, 7) is 2.36. The van der Waals surface area contributed by atoms with E-state index in [0.717, 1.165) is 10.8 Å². The van der Waals surface area contributed by atoms with Crippen LogP contribution in [0, 0.1) is 0 Å². The van der Waals surface area contributed by atoms with Gasteiger partial charge in [0.15, 0.2) is 0 Å². The number of sulfonamides is 1. The fraction of sp³-hybridized carbons (Fsp3) is 0.286. The monoisotopic (exact) mass is 341 g/mol. The number of hydrogen-bond acceptors (Lipinski definition) is 2. The summed E-state index contributed by atoms with van der Waals surface area (Å²) in [5, 5.41) is 1.70. The summed E-state index contributed by atoms with van der Waals surface area (Å²) in [5.74, 6) is 0. The Bertz CT molecular complexity index is 677. The Labute approximate surface area is 122 Å². The minimum atomic E-state index is -3.46. The fourth-order valence-electron chi connectivity index (χ4n) is 2.04. The van der Waals surface area contributed by atoms with Crippen molar-refractivity contribution in [3.63, 3.8) is 0 Å². The molecule has 0 aliphatic heterocycles. The van der Waals surface area contributed by atoms with Crippen LogP contribution in [0.15, 0.2) is 47.4 Å². The zero-order valence-corrected chi connectivity index (χ0v) is 13.3. The quantitative estimate of drug-likeness (QED) is 0.800. The Hall–Kier alpha value is -0.910. The molecule has 0 spiro atoms. The van der Waals surface area contributed by atoms with E-state index < -0.39 is 10.0 Å². The van der Waals surface area contributed by atoms with Crippen LogP contribution < -0.4 is 0 Å². The lowest BCUT2D eigenvalue weighted by atomic mass is 10.1. The van der Waals surface area contributed by atoms with Gasteiger partial charge in [0.2, 0.25) is 10.0 Å². The first-order chi connectivity index (χ1) is 8.93. The summed E-state index contributed by atoms with van der Waals surface area (Å²) in [6, 6.07) is 12.9. The van der Waals surface area contributed by atoms with Crippen molar-refractivity contribution < 1.29 is 8.42 Å². The molecule has 5 heteroatoms. The van der Waals surface area contributed by atoms with Crippen LogP contribution in [-0.4, -0.2) is 31.1 Å². The molecule has 19 heavy (non-hydrogen) atoms. The Balaban J connectivity index is 2.55. The molecule has 0 bridgehead atoms. The lowest BCUT2D eigenvalue weighted by Crippen LogP contribution is -2.31. The Morgan fingerprint density at radius 1 is 1.16 bits per heavy atom.